The Morgan fingerprint density at radius 3 is 2.47 bits per heavy atom. The van der Waals surface area contributed by atoms with Gasteiger partial charge in [-0.05, 0) is 11.3 Å². The maximum absolute atomic E-state index is 11.6. The van der Waals surface area contributed by atoms with Crippen LogP contribution in [0, 0.1) is 0 Å². The lowest BCUT2D eigenvalue weighted by atomic mass is 10.2. The van der Waals surface area contributed by atoms with Crippen molar-refractivity contribution in [3.05, 3.63) is 42.7 Å². The van der Waals surface area contributed by atoms with Crippen molar-refractivity contribution in [3.8, 4) is 0 Å². The number of benzene rings is 1. The predicted molar refractivity (Wildman–Crippen MR) is 65.0 cm³/mol. The molecule has 0 aromatic heterocycles. The molecule has 2 nitrogen and oxygen atoms in total. The summed E-state index contributed by atoms with van der Waals surface area (Å²) in [5.74, 6) is -0.317. The molecule has 0 aliphatic carbocycles. The summed E-state index contributed by atoms with van der Waals surface area (Å²) in [4.78, 5) is 11.6. The van der Waals surface area contributed by atoms with E-state index in [0.29, 0.717) is 5.56 Å². The van der Waals surface area contributed by atoms with Crippen molar-refractivity contribution in [3.63, 3.8) is 0 Å². The van der Waals surface area contributed by atoms with Gasteiger partial charge in [0, 0.05) is 0 Å². The maximum Gasteiger partial charge on any atom is 0.342 e. The van der Waals surface area contributed by atoms with Crippen LogP contribution in [-0.4, -0.2) is 14.0 Å². The van der Waals surface area contributed by atoms with Crippen molar-refractivity contribution < 1.29 is 9.53 Å². The van der Waals surface area contributed by atoms with E-state index < -0.39 is 8.07 Å². The number of carbonyl (C=O) groups is 1. The molecular weight excluding hydrogens is 204 g/mol. The van der Waals surface area contributed by atoms with E-state index >= 15 is 0 Å². The topological polar surface area (TPSA) is 26.3 Å². The van der Waals surface area contributed by atoms with Crippen molar-refractivity contribution >= 4 is 19.2 Å². The van der Waals surface area contributed by atoms with Crippen molar-refractivity contribution in [1.29, 1.82) is 0 Å². The summed E-state index contributed by atoms with van der Waals surface area (Å²) >= 11 is 0. The summed E-state index contributed by atoms with van der Waals surface area (Å²) in [6, 6.07) is 7.62. The summed E-state index contributed by atoms with van der Waals surface area (Å²) in [5.41, 5.74) is 0.663. The molecule has 0 atom stereocenters. The highest BCUT2D eigenvalue weighted by atomic mass is 28.3. The van der Waals surface area contributed by atoms with Gasteiger partial charge in [-0.25, -0.2) is 4.79 Å². The van der Waals surface area contributed by atoms with E-state index in [4.69, 9.17) is 4.74 Å². The van der Waals surface area contributed by atoms with E-state index in [1.54, 1.807) is 6.07 Å². The van der Waals surface area contributed by atoms with Gasteiger partial charge >= 0.3 is 5.97 Å². The van der Waals surface area contributed by atoms with Crippen LogP contribution in [0.3, 0.4) is 0 Å². The first-order valence-corrected chi connectivity index (χ1v) is 8.38. The van der Waals surface area contributed by atoms with Gasteiger partial charge in [0.2, 0.25) is 0 Å². The predicted octanol–water partition coefficient (Wildman–Crippen LogP) is 2.53. The van der Waals surface area contributed by atoms with Gasteiger partial charge in [0.15, 0.2) is 0 Å². The first-order chi connectivity index (χ1) is 6.96. The van der Waals surface area contributed by atoms with Crippen LogP contribution in [0.2, 0.25) is 19.6 Å². The van der Waals surface area contributed by atoms with E-state index in [0.717, 1.165) is 5.19 Å². The highest BCUT2D eigenvalue weighted by molar-refractivity contribution is 6.89. The molecule has 80 valence electrons. The van der Waals surface area contributed by atoms with Crippen LogP contribution in [0.1, 0.15) is 10.4 Å². The van der Waals surface area contributed by atoms with E-state index in [2.05, 4.69) is 26.2 Å². The lowest BCUT2D eigenvalue weighted by molar-refractivity contribution is 0.0665. The maximum atomic E-state index is 11.6. The molecule has 0 amide bonds. The zero-order valence-electron chi connectivity index (χ0n) is 9.41. The highest BCUT2D eigenvalue weighted by Gasteiger charge is 2.23. The second kappa shape index (κ2) is 4.44. The Morgan fingerprint density at radius 2 is 1.93 bits per heavy atom. The normalized spacial score (nSPS) is 10.9. The quantitative estimate of drug-likeness (QED) is 0.444. The molecule has 0 aliphatic heterocycles. The van der Waals surface area contributed by atoms with Crippen LogP contribution in [0.5, 0.6) is 0 Å². The Kier molecular flexibility index (Phi) is 3.47. The van der Waals surface area contributed by atoms with Crippen LogP contribution >= 0.6 is 0 Å². The number of esters is 1. The van der Waals surface area contributed by atoms with Crippen LogP contribution < -0.4 is 5.19 Å². The monoisotopic (exact) mass is 220 g/mol. The average Bonchev–Trinajstić information content (AvgIpc) is 2.17. The lowest BCUT2D eigenvalue weighted by Gasteiger charge is -2.19. The van der Waals surface area contributed by atoms with Gasteiger partial charge < -0.3 is 4.74 Å². The largest absolute Gasteiger partial charge is 0.432 e. The first-order valence-electron chi connectivity index (χ1n) is 4.88. The van der Waals surface area contributed by atoms with Gasteiger partial charge in [-0.1, -0.05) is 44.4 Å². The van der Waals surface area contributed by atoms with E-state index in [1.165, 1.54) is 6.26 Å². The third-order valence-electron chi connectivity index (χ3n) is 2.15. The third kappa shape index (κ3) is 2.80. The Morgan fingerprint density at radius 1 is 1.33 bits per heavy atom. The van der Waals surface area contributed by atoms with Crippen LogP contribution in [0.4, 0.5) is 0 Å². The summed E-state index contributed by atoms with van der Waals surface area (Å²) < 4.78 is 4.81. The molecule has 0 N–H and O–H groups in total. The molecule has 0 fully saturated rings. The third-order valence-corrected chi connectivity index (χ3v) is 4.20. The van der Waals surface area contributed by atoms with E-state index in [9.17, 15) is 4.79 Å². The summed E-state index contributed by atoms with van der Waals surface area (Å²) in [7, 11) is -1.50. The lowest BCUT2D eigenvalue weighted by Crippen LogP contribution is -2.41. The fourth-order valence-corrected chi connectivity index (χ4v) is 3.04. The van der Waals surface area contributed by atoms with Crippen LogP contribution in [0.15, 0.2) is 37.1 Å². The number of hydrogen-bond donors (Lipinski definition) is 0. The smallest absolute Gasteiger partial charge is 0.342 e. The zero-order valence-corrected chi connectivity index (χ0v) is 10.4. The van der Waals surface area contributed by atoms with Gasteiger partial charge in [-0.3, -0.25) is 0 Å². The average molecular weight is 220 g/mol. The Labute approximate surface area is 91.6 Å². The molecule has 0 aliphatic rings. The molecule has 0 radical (unpaired) electrons. The summed E-state index contributed by atoms with van der Waals surface area (Å²) in [5, 5.41) is 1.12. The summed E-state index contributed by atoms with van der Waals surface area (Å²) in [6.45, 7) is 9.99. The molecule has 0 bridgehead atoms. The molecule has 0 saturated heterocycles. The van der Waals surface area contributed by atoms with Crippen molar-refractivity contribution in [2.24, 2.45) is 0 Å². The number of hydrogen-bond acceptors (Lipinski definition) is 2. The first kappa shape index (κ1) is 11.7. The van der Waals surface area contributed by atoms with Crippen molar-refractivity contribution in [2.45, 2.75) is 19.6 Å². The molecule has 0 saturated carbocycles. The van der Waals surface area contributed by atoms with Crippen LogP contribution in [0.25, 0.3) is 0 Å². The molecule has 1 rings (SSSR count). The van der Waals surface area contributed by atoms with Gasteiger partial charge in [0.1, 0.15) is 0 Å². The SMILES string of the molecule is C=COC(=O)c1ccccc1[Si](C)(C)C. The second-order valence-electron chi connectivity index (χ2n) is 4.37. The fraction of sp³-hybridized carbons (Fsp3) is 0.250. The van der Waals surface area contributed by atoms with E-state index in [-0.39, 0.29) is 5.97 Å². The molecule has 15 heavy (non-hydrogen) atoms. The van der Waals surface area contributed by atoms with Gasteiger partial charge in [-0.15, -0.1) is 0 Å². The summed E-state index contributed by atoms with van der Waals surface area (Å²) in [6.07, 6.45) is 1.17. The molecular formula is C12H16O2Si. The van der Waals surface area contributed by atoms with Gasteiger partial charge in [0.25, 0.3) is 0 Å². The Balaban J connectivity index is 3.18. The number of carbonyl (C=O) groups excluding carboxylic acids is 1. The highest BCUT2D eigenvalue weighted by Crippen LogP contribution is 2.08. The van der Waals surface area contributed by atoms with Crippen LogP contribution in [-0.2, 0) is 4.74 Å². The van der Waals surface area contributed by atoms with Gasteiger partial charge in [0.05, 0.1) is 19.9 Å². The molecule has 0 heterocycles. The van der Waals surface area contributed by atoms with Gasteiger partial charge in [-0.2, -0.15) is 0 Å². The standard InChI is InChI=1S/C12H16O2Si/c1-5-14-12(13)10-8-6-7-9-11(10)15(2,3)4/h5-9H,1H2,2-4H3. The molecule has 1 aromatic carbocycles. The molecule has 0 unspecified atom stereocenters. The number of rotatable bonds is 3. The van der Waals surface area contributed by atoms with E-state index in [1.807, 2.05) is 18.2 Å². The zero-order chi connectivity index (χ0) is 11.5. The minimum Gasteiger partial charge on any atom is -0.432 e. The fourth-order valence-electron chi connectivity index (χ4n) is 1.45. The van der Waals surface area contributed by atoms with Crippen molar-refractivity contribution in [1.82, 2.24) is 0 Å². The molecule has 3 heteroatoms. The molecule has 1 aromatic rings. The minimum absolute atomic E-state index is 0.317. The van der Waals surface area contributed by atoms with Crippen molar-refractivity contribution in [2.75, 3.05) is 0 Å². The second-order valence-corrected chi connectivity index (χ2v) is 9.41. The number of ether oxygens (including phenoxy) is 1. The Hall–Kier alpha value is -1.35. The minimum atomic E-state index is -1.50. The molecule has 0 spiro atoms. The Bertz CT molecular complexity index is 377.